The molecule has 0 atom stereocenters. The minimum atomic E-state index is -3.28. The van der Waals surface area contributed by atoms with Crippen molar-refractivity contribution in [1.29, 1.82) is 0 Å². The van der Waals surface area contributed by atoms with E-state index in [0.29, 0.717) is 0 Å². The normalized spacial score (nSPS) is 11.5. The predicted molar refractivity (Wildman–Crippen MR) is 45.3 cm³/mol. The van der Waals surface area contributed by atoms with Crippen LogP contribution in [0.2, 0.25) is 0 Å². The van der Waals surface area contributed by atoms with Crippen molar-refractivity contribution in [3.05, 3.63) is 0 Å². The Morgan fingerprint density at radius 2 is 2.00 bits per heavy atom. The fourth-order valence-corrected chi connectivity index (χ4v) is 0.516. The number of hydrogen-bond donors (Lipinski definition) is 1. The molecule has 0 spiro atoms. The Morgan fingerprint density at radius 1 is 1.45 bits per heavy atom. The lowest BCUT2D eigenvalue weighted by Gasteiger charge is -1.89. The van der Waals surface area contributed by atoms with Crippen molar-refractivity contribution in [1.82, 2.24) is 5.43 Å². The average molecular weight is 177 g/mol. The number of sulfonamides is 1. The lowest BCUT2D eigenvalue weighted by Crippen LogP contribution is -2.05. The van der Waals surface area contributed by atoms with E-state index in [2.05, 4.69) is 14.9 Å². The van der Waals surface area contributed by atoms with Crippen LogP contribution in [0.1, 0.15) is 13.8 Å². The van der Waals surface area contributed by atoms with Crippen molar-refractivity contribution < 1.29 is 8.42 Å². The molecule has 0 unspecified atom stereocenters. The summed E-state index contributed by atoms with van der Waals surface area (Å²) in [5.41, 5.74) is 3.15. The summed E-state index contributed by atoms with van der Waals surface area (Å²) in [7, 11) is -3.28. The zero-order valence-corrected chi connectivity index (χ0v) is 7.51. The number of nitrogens with zero attached hydrogens (tertiary/aromatic N) is 2. The van der Waals surface area contributed by atoms with Gasteiger partial charge in [0.15, 0.2) is 0 Å². The molecule has 0 saturated heterocycles. The van der Waals surface area contributed by atoms with Gasteiger partial charge in [0.1, 0.15) is 6.34 Å². The van der Waals surface area contributed by atoms with Crippen LogP contribution in [0.25, 0.3) is 0 Å². The maximum Gasteiger partial charge on any atom is 0.251 e. The second-order valence-electron chi connectivity index (χ2n) is 2.16. The van der Waals surface area contributed by atoms with E-state index in [0.717, 1.165) is 18.3 Å². The molecule has 0 aliphatic heterocycles. The molecule has 0 amide bonds. The Balaban J connectivity index is 3.91. The molecule has 0 heterocycles. The fraction of sp³-hybridized carbons (Fsp3) is 0.600. The monoisotopic (exact) mass is 177 g/mol. The van der Waals surface area contributed by atoms with E-state index in [4.69, 9.17) is 0 Å². The Morgan fingerprint density at radius 3 is 2.36 bits per heavy atom. The fourth-order valence-electron chi connectivity index (χ4n) is 0.277. The number of hydrogen-bond acceptors (Lipinski definition) is 3. The van der Waals surface area contributed by atoms with Gasteiger partial charge in [0.2, 0.25) is 0 Å². The SMILES string of the molecule is CC(C)=NN/C=N/S(C)(=O)=O. The van der Waals surface area contributed by atoms with Crippen molar-refractivity contribution in [3.63, 3.8) is 0 Å². The van der Waals surface area contributed by atoms with Crippen molar-refractivity contribution in [3.8, 4) is 0 Å². The summed E-state index contributed by atoms with van der Waals surface area (Å²) in [4.78, 5) is 0. The third-order valence-corrected chi connectivity index (χ3v) is 1.08. The average Bonchev–Trinajstić information content (AvgIpc) is 1.78. The highest BCUT2D eigenvalue weighted by Gasteiger charge is 1.90. The lowest BCUT2D eigenvalue weighted by molar-refractivity contribution is 0.603. The Labute approximate surface area is 66.3 Å². The molecular formula is C5H11N3O2S. The molecule has 6 heteroatoms. The second kappa shape index (κ2) is 4.07. The van der Waals surface area contributed by atoms with Crippen molar-refractivity contribution in [2.24, 2.45) is 9.50 Å². The molecule has 0 aromatic heterocycles. The molecule has 0 radical (unpaired) electrons. The molecule has 0 aliphatic rings. The minimum Gasteiger partial charge on any atom is -0.267 e. The van der Waals surface area contributed by atoms with Gasteiger partial charge in [-0.1, -0.05) is 0 Å². The number of rotatable bonds is 3. The molecular weight excluding hydrogens is 166 g/mol. The van der Waals surface area contributed by atoms with Crippen LogP contribution >= 0.6 is 0 Å². The summed E-state index contributed by atoms with van der Waals surface area (Å²) in [5.74, 6) is 0. The van der Waals surface area contributed by atoms with Gasteiger partial charge in [-0.05, 0) is 13.8 Å². The minimum absolute atomic E-state index is 0.796. The zero-order chi connectivity index (χ0) is 8.91. The highest BCUT2D eigenvalue weighted by molar-refractivity contribution is 7.89. The molecule has 0 aliphatic carbocycles. The Hall–Kier alpha value is -0.910. The molecule has 5 nitrogen and oxygen atoms in total. The topological polar surface area (TPSA) is 70.9 Å². The molecule has 0 rings (SSSR count). The largest absolute Gasteiger partial charge is 0.267 e. The van der Waals surface area contributed by atoms with Gasteiger partial charge in [-0.2, -0.15) is 9.50 Å². The first-order chi connectivity index (χ1) is 4.92. The molecule has 11 heavy (non-hydrogen) atoms. The second-order valence-corrected chi connectivity index (χ2v) is 3.83. The third kappa shape index (κ3) is 9.09. The van der Waals surface area contributed by atoms with Gasteiger partial charge in [0, 0.05) is 5.71 Å². The summed E-state index contributed by atoms with van der Waals surface area (Å²) < 4.78 is 23.9. The maximum atomic E-state index is 10.4. The van der Waals surface area contributed by atoms with Crippen LogP contribution in [0.15, 0.2) is 9.50 Å². The summed E-state index contributed by atoms with van der Waals surface area (Å²) in [6.07, 6.45) is 2.04. The van der Waals surface area contributed by atoms with Gasteiger partial charge in [0.05, 0.1) is 6.26 Å². The number of hydrazone groups is 1. The molecule has 64 valence electrons. The van der Waals surface area contributed by atoms with Gasteiger partial charge < -0.3 is 0 Å². The van der Waals surface area contributed by atoms with Gasteiger partial charge >= 0.3 is 0 Å². The van der Waals surface area contributed by atoms with E-state index < -0.39 is 10.0 Å². The van der Waals surface area contributed by atoms with E-state index in [1.165, 1.54) is 0 Å². The molecule has 1 N–H and O–H groups in total. The number of nitrogens with one attached hydrogen (secondary N) is 1. The predicted octanol–water partition coefficient (Wildman–Crippen LogP) is -0.0403. The Kier molecular flexibility index (Phi) is 3.73. The summed E-state index contributed by atoms with van der Waals surface area (Å²) in [6, 6.07) is 0. The summed E-state index contributed by atoms with van der Waals surface area (Å²) >= 11 is 0. The summed E-state index contributed by atoms with van der Waals surface area (Å²) in [6.45, 7) is 3.56. The highest BCUT2D eigenvalue weighted by atomic mass is 32.2. The van der Waals surface area contributed by atoms with E-state index in [1.54, 1.807) is 13.8 Å². The highest BCUT2D eigenvalue weighted by Crippen LogP contribution is 1.79. The van der Waals surface area contributed by atoms with Crippen molar-refractivity contribution in [2.75, 3.05) is 6.26 Å². The van der Waals surface area contributed by atoms with Crippen LogP contribution in [0.4, 0.5) is 0 Å². The maximum absolute atomic E-state index is 10.4. The van der Waals surface area contributed by atoms with E-state index >= 15 is 0 Å². The van der Waals surface area contributed by atoms with Gasteiger partial charge in [-0.15, -0.1) is 0 Å². The van der Waals surface area contributed by atoms with Crippen LogP contribution in [-0.4, -0.2) is 26.7 Å². The molecule has 0 aromatic carbocycles. The molecule has 0 bridgehead atoms. The first-order valence-corrected chi connectivity index (χ1v) is 4.77. The summed E-state index contributed by atoms with van der Waals surface area (Å²) in [5, 5.41) is 3.68. The van der Waals surface area contributed by atoms with E-state index in [9.17, 15) is 8.42 Å². The quantitative estimate of drug-likeness (QED) is 0.373. The first kappa shape index (κ1) is 10.1. The Bertz CT molecular complexity index is 261. The third-order valence-electron chi connectivity index (χ3n) is 0.590. The van der Waals surface area contributed by atoms with Gasteiger partial charge in [-0.3, -0.25) is 5.43 Å². The van der Waals surface area contributed by atoms with Crippen molar-refractivity contribution in [2.45, 2.75) is 13.8 Å². The van der Waals surface area contributed by atoms with E-state index in [1.807, 2.05) is 0 Å². The van der Waals surface area contributed by atoms with E-state index in [-0.39, 0.29) is 0 Å². The standard InChI is InChI=1S/C5H11N3O2S/c1-5(2)8-6-4-7-11(3,9)10/h4H,1-3H3,(H,6,7). The molecule has 0 aromatic rings. The van der Waals surface area contributed by atoms with Crippen molar-refractivity contribution >= 4 is 22.1 Å². The molecule has 0 saturated carbocycles. The van der Waals surface area contributed by atoms with Crippen LogP contribution in [-0.2, 0) is 10.0 Å². The smallest absolute Gasteiger partial charge is 0.251 e. The van der Waals surface area contributed by atoms with Crippen LogP contribution in [0, 0.1) is 0 Å². The van der Waals surface area contributed by atoms with Crippen LogP contribution in [0.5, 0.6) is 0 Å². The zero-order valence-electron chi connectivity index (χ0n) is 6.70. The van der Waals surface area contributed by atoms with Gasteiger partial charge in [0.25, 0.3) is 10.0 Å². The molecule has 0 fully saturated rings. The lowest BCUT2D eigenvalue weighted by atomic mass is 10.5. The van der Waals surface area contributed by atoms with Gasteiger partial charge in [-0.25, -0.2) is 8.42 Å². The van der Waals surface area contributed by atoms with Crippen LogP contribution < -0.4 is 5.43 Å². The van der Waals surface area contributed by atoms with Crippen LogP contribution in [0.3, 0.4) is 0 Å². The first-order valence-electron chi connectivity index (χ1n) is 2.92.